The standard InChI is InChI=1S/C15H13ClN4O3/c1-23-14(21)5-3-11-15(22)20-12-4-2-10(16)6-9(12)7-17-8-13(20)19-18-11/h2,4,6-7H,3,5,8H2,1H3. The first kappa shape index (κ1) is 15.4. The van der Waals surface area contributed by atoms with E-state index in [9.17, 15) is 9.59 Å². The normalized spacial score (nSPS) is 12.3. The van der Waals surface area contributed by atoms with E-state index >= 15 is 0 Å². The molecule has 0 bridgehead atoms. The average molecular weight is 333 g/mol. The third-order valence-corrected chi connectivity index (χ3v) is 3.72. The summed E-state index contributed by atoms with van der Waals surface area (Å²) in [7, 11) is 1.30. The minimum Gasteiger partial charge on any atom is -0.469 e. The molecule has 1 aromatic heterocycles. The second kappa shape index (κ2) is 6.29. The molecule has 1 aromatic carbocycles. The fourth-order valence-electron chi connectivity index (χ4n) is 2.34. The molecule has 1 aliphatic heterocycles. The minimum atomic E-state index is -0.401. The largest absolute Gasteiger partial charge is 0.469 e. The van der Waals surface area contributed by atoms with Gasteiger partial charge in [-0.25, -0.2) is 0 Å². The van der Waals surface area contributed by atoms with E-state index in [1.165, 1.54) is 11.7 Å². The summed E-state index contributed by atoms with van der Waals surface area (Å²) in [6.07, 6.45) is 1.90. The van der Waals surface area contributed by atoms with Crippen molar-refractivity contribution in [1.82, 2.24) is 14.8 Å². The molecule has 23 heavy (non-hydrogen) atoms. The zero-order valence-corrected chi connectivity index (χ0v) is 13.1. The fourth-order valence-corrected chi connectivity index (χ4v) is 2.52. The maximum absolute atomic E-state index is 12.7. The smallest absolute Gasteiger partial charge is 0.305 e. The number of aromatic nitrogens is 3. The molecule has 0 unspecified atom stereocenters. The molecule has 0 saturated carbocycles. The highest BCUT2D eigenvalue weighted by Gasteiger charge is 2.18. The molecule has 1 aliphatic rings. The second-order valence-corrected chi connectivity index (χ2v) is 5.39. The summed E-state index contributed by atoms with van der Waals surface area (Å²) in [6.45, 7) is 0.242. The first-order valence-corrected chi connectivity index (χ1v) is 7.32. The second-order valence-electron chi connectivity index (χ2n) is 4.95. The molecule has 2 aromatic rings. The summed E-state index contributed by atoms with van der Waals surface area (Å²) in [6, 6.07) is 5.17. The molecule has 0 fully saturated rings. The highest BCUT2D eigenvalue weighted by molar-refractivity contribution is 6.31. The molecule has 0 atom stereocenters. The van der Waals surface area contributed by atoms with Crippen molar-refractivity contribution in [3.63, 3.8) is 0 Å². The maximum atomic E-state index is 12.7. The van der Waals surface area contributed by atoms with Gasteiger partial charge >= 0.3 is 5.97 Å². The molecule has 8 heteroatoms. The van der Waals surface area contributed by atoms with Crippen LogP contribution in [-0.2, 0) is 22.5 Å². The molecule has 2 heterocycles. The van der Waals surface area contributed by atoms with Crippen molar-refractivity contribution in [2.75, 3.05) is 7.11 Å². The summed E-state index contributed by atoms with van der Waals surface area (Å²) in [5.41, 5.74) is 1.27. The van der Waals surface area contributed by atoms with Crippen LogP contribution >= 0.6 is 11.6 Å². The number of methoxy groups -OCH3 is 1. The summed E-state index contributed by atoms with van der Waals surface area (Å²) in [4.78, 5) is 28.2. The van der Waals surface area contributed by atoms with Crippen LogP contribution in [0.1, 0.15) is 23.5 Å². The van der Waals surface area contributed by atoms with Crippen LogP contribution in [0.3, 0.4) is 0 Å². The lowest BCUT2D eigenvalue weighted by Gasteiger charge is -2.12. The lowest BCUT2D eigenvalue weighted by Crippen LogP contribution is -2.29. The third-order valence-electron chi connectivity index (χ3n) is 3.48. The Morgan fingerprint density at radius 1 is 1.39 bits per heavy atom. The summed E-state index contributed by atoms with van der Waals surface area (Å²) < 4.78 is 6.05. The molecule has 118 valence electrons. The van der Waals surface area contributed by atoms with Gasteiger partial charge in [0.15, 0.2) is 5.82 Å². The number of benzene rings is 1. The van der Waals surface area contributed by atoms with E-state index in [4.69, 9.17) is 11.6 Å². The maximum Gasteiger partial charge on any atom is 0.305 e. The monoisotopic (exact) mass is 332 g/mol. The number of rotatable bonds is 3. The zero-order chi connectivity index (χ0) is 16.4. The zero-order valence-electron chi connectivity index (χ0n) is 12.3. The van der Waals surface area contributed by atoms with Crippen LogP contribution in [0.4, 0.5) is 0 Å². The SMILES string of the molecule is COC(=O)CCc1nnc2n(c1=O)-c1ccc(Cl)cc1C=NC2. The van der Waals surface area contributed by atoms with Crippen molar-refractivity contribution < 1.29 is 9.53 Å². The highest BCUT2D eigenvalue weighted by Crippen LogP contribution is 2.20. The molecular formula is C15H13ClN4O3. The number of fused-ring (bicyclic) bond motifs is 3. The van der Waals surface area contributed by atoms with Crippen molar-refractivity contribution in [2.24, 2.45) is 4.99 Å². The van der Waals surface area contributed by atoms with Crippen LogP contribution in [0, 0.1) is 0 Å². The molecule has 0 aliphatic carbocycles. The third kappa shape index (κ3) is 3.00. The lowest BCUT2D eigenvalue weighted by atomic mass is 10.2. The van der Waals surface area contributed by atoms with Gasteiger partial charge in [-0.2, -0.15) is 0 Å². The van der Waals surface area contributed by atoms with Gasteiger partial charge < -0.3 is 4.74 Å². The molecule has 0 N–H and O–H groups in total. The van der Waals surface area contributed by atoms with Crippen LogP contribution in [0.5, 0.6) is 0 Å². The van der Waals surface area contributed by atoms with Gasteiger partial charge in [0.2, 0.25) is 0 Å². The van der Waals surface area contributed by atoms with Crippen LogP contribution in [-0.4, -0.2) is 34.1 Å². The number of esters is 1. The van der Waals surface area contributed by atoms with Crippen LogP contribution in [0.25, 0.3) is 5.69 Å². The van der Waals surface area contributed by atoms with Gasteiger partial charge in [0.05, 0.1) is 25.8 Å². The molecule has 7 nitrogen and oxygen atoms in total. The van der Waals surface area contributed by atoms with Crippen molar-refractivity contribution in [1.29, 1.82) is 0 Å². The van der Waals surface area contributed by atoms with E-state index < -0.39 is 5.97 Å². The van der Waals surface area contributed by atoms with Gasteiger partial charge in [0.25, 0.3) is 5.56 Å². The number of carbonyl (C=O) groups is 1. The van der Waals surface area contributed by atoms with Gasteiger partial charge in [-0.05, 0) is 18.2 Å². The van der Waals surface area contributed by atoms with Gasteiger partial charge in [0, 0.05) is 23.2 Å². The number of halogens is 1. The minimum absolute atomic E-state index is 0.0732. The number of carbonyl (C=O) groups excluding carboxylic acids is 1. The molecule has 0 amide bonds. The van der Waals surface area contributed by atoms with Crippen LogP contribution < -0.4 is 5.56 Å². The Morgan fingerprint density at radius 2 is 2.22 bits per heavy atom. The van der Waals surface area contributed by atoms with Crippen molar-refractivity contribution >= 4 is 23.8 Å². The van der Waals surface area contributed by atoms with Gasteiger partial charge in [-0.1, -0.05) is 11.6 Å². The van der Waals surface area contributed by atoms with Gasteiger partial charge in [-0.3, -0.25) is 19.1 Å². The molecule has 3 rings (SSSR count). The molecular weight excluding hydrogens is 320 g/mol. The number of ether oxygens (including phenoxy) is 1. The van der Waals surface area contributed by atoms with Gasteiger partial charge in [-0.15, -0.1) is 10.2 Å². The highest BCUT2D eigenvalue weighted by atomic mass is 35.5. The Hall–Kier alpha value is -2.54. The lowest BCUT2D eigenvalue weighted by molar-refractivity contribution is -0.140. The predicted octanol–water partition coefficient (Wildman–Crippen LogP) is 1.32. The first-order valence-electron chi connectivity index (χ1n) is 6.94. The van der Waals surface area contributed by atoms with Crippen molar-refractivity contribution in [3.8, 4) is 5.69 Å². The summed E-state index contributed by atoms with van der Waals surface area (Å²) in [5, 5.41) is 8.57. The number of nitrogens with zero attached hydrogens (tertiary/aromatic N) is 4. The molecule has 0 radical (unpaired) electrons. The number of aliphatic imine (C=N–C) groups is 1. The summed E-state index contributed by atoms with van der Waals surface area (Å²) >= 11 is 6.00. The predicted molar refractivity (Wildman–Crippen MR) is 84.3 cm³/mol. The Labute approximate surface area is 136 Å². The number of aryl methyl sites for hydroxylation is 1. The van der Waals surface area contributed by atoms with E-state index in [1.54, 1.807) is 24.4 Å². The molecule has 0 spiro atoms. The van der Waals surface area contributed by atoms with E-state index in [0.717, 1.165) is 5.56 Å². The van der Waals surface area contributed by atoms with Crippen LogP contribution in [0.2, 0.25) is 5.02 Å². The Kier molecular flexibility index (Phi) is 4.20. The Morgan fingerprint density at radius 3 is 3.00 bits per heavy atom. The van der Waals surface area contributed by atoms with E-state index in [-0.39, 0.29) is 30.6 Å². The van der Waals surface area contributed by atoms with E-state index in [0.29, 0.717) is 16.5 Å². The number of hydrogen-bond donors (Lipinski definition) is 0. The Bertz CT molecular complexity index is 860. The van der Waals surface area contributed by atoms with Crippen molar-refractivity contribution in [3.05, 3.63) is 50.7 Å². The van der Waals surface area contributed by atoms with E-state index in [2.05, 4.69) is 19.9 Å². The average Bonchev–Trinajstić information content (AvgIpc) is 2.73. The van der Waals surface area contributed by atoms with Gasteiger partial charge in [0.1, 0.15) is 5.69 Å². The van der Waals surface area contributed by atoms with Crippen molar-refractivity contribution in [2.45, 2.75) is 19.4 Å². The quantitative estimate of drug-likeness (QED) is 0.791. The Balaban J connectivity index is 2.09. The fraction of sp³-hybridized carbons (Fsp3) is 0.267. The van der Waals surface area contributed by atoms with E-state index in [1.807, 2.05) is 0 Å². The number of hydrogen-bond acceptors (Lipinski definition) is 6. The molecule has 0 saturated heterocycles. The topological polar surface area (TPSA) is 86.4 Å². The van der Waals surface area contributed by atoms with Crippen LogP contribution in [0.15, 0.2) is 28.0 Å². The summed E-state index contributed by atoms with van der Waals surface area (Å²) in [5.74, 6) is 0.0378. The first-order chi connectivity index (χ1) is 11.1.